The number of esters is 1. The van der Waals surface area contributed by atoms with Crippen molar-refractivity contribution in [2.45, 2.75) is 12.8 Å². The molecule has 1 atom stereocenters. The Morgan fingerprint density at radius 1 is 1.14 bits per heavy atom. The molecule has 0 unspecified atom stereocenters. The van der Waals surface area contributed by atoms with Crippen molar-refractivity contribution in [3.05, 3.63) is 64.7 Å². The van der Waals surface area contributed by atoms with Crippen LogP contribution in [-0.2, 0) is 14.3 Å². The molecule has 0 saturated heterocycles. The van der Waals surface area contributed by atoms with Gasteiger partial charge in [-0.2, -0.15) is 0 Å². The summed E-state index contributed by atoms with van der Waals surface area (Å²) in [5.74, 6) is 0.0200. The largest absolute Gasteiger partial charge is 0.493 e. The highest BCUT2D eigenvalue weighted by Gasteiger charge is 2.11. The van der Waals surface area contributed by atoms with Crippen LogP contribution in [0, 0.1) is 0 Å². The van der Waals surface area contributed by atoms with Gasteiger partial charge in [0.05, 0.1) is 19.2 Å². The molecular formula is C22H24ClNO5. The van der Waals surface area contributed by atoms with Crippen molar-refractivity contribution >= 4 is 29.6 Å². The smallest absolute Gasteiger partial charge is 0.331 e. The van der Waals surface area contributed by atoms with Crippen LogP contribution < -0.4 is 14.8 Å². The van der Waals surface area contributed by atoms with Crippen LogP contribution in [0.5, 0.6) is 11.5 Å². The molecule has 7 heteroatoms. The SMILES string of the molecule is COc1cc(/C=C/C(=O)OCC(=O)NC[C@H](C)c2ccccc2)cc(Cl)c1OC. The molecule has 0 bridgehead atoms. The normalized spacial score (nSPS) is 11.7. The van der Waals surface area contributed by atoms with Gasteiger partial charge in [0.1, 0.15) is 0 Å². The van der Waals surface area contributed by atoms with E-state index in [0.717, 1.165) is 5.56 Å². The first-order chi connectivity index (χ1) is 13.9. The summed E-state index contributed by atoms with van der Waals surface area (Å²) in [6, 6.07) is 13.2. The lowest BCUT2D eigenvalue weighted by Crippen LogP contribution is -2.31. The van der Waals surface area contributed by atoms with Gasteiger partial charge >= 0.3 is 5.97 Å². The highest BCUT2D eigenvalue weighted by atomic mass is 35.5. The molecule has 0 aliphatic rings. The predicted molar refractivity (Wildman–Crippen MR) is 112 cm³/mol. The summed E-state index contributed by atoms with van der Waals surface area (Å²) >= 11 is 6.13. The van der Waals surface area contributed by atoms with E-state index in [0.29, 0.717) is 28.6 Å². The van der Waals surface area contributed by atoms with Gasteiger partial charge < -0.3 is 19.5 Å². The quantitative estimate of drug-likeness (QED) is 0.495. The van der Waals surface area contributed by atoms with E-state index in [4.69, 9.17) is 25.8 Å². The molecule has 0 aliphatic carbocycles. The van der Waals surface area contributed by atoms with Crippen LogP contribution in [0.3, 0.4) is 0 Å². The highest BCUT2D eigenvalue weighted by Crippen LogP contribution is 2.36. The maximum atomic E-state index is 11.9. The van der Waals surface area contributed by atoms with E-state index >= 15 is 0 Å². The lowest BCUT2D eigenvalue weighted by Gasteiger charge is -2.13. The van der Waals surface area contributed by atoms with Crippen molar-refractivity contribution in [2.24, 2.45) is 0 Å². The number of amides is 1. The van der Waals surface area contributed by atoms with Crippen molar-refractivity contribution in [1.29, 1.82) is 0 Å². The molecule has 6 nitrogen and oxygen atoms in total. The minimum atomic E-state index is -0.637. The Labute approximate surface area is 175 Å². The lowest BCUT2D eigenvalue weighted by atomic mass is 10.0. The van der Waals surface area contributed by atoms with Crippen LogP contribution in [0.1, 0.15) is 24.0 Å². The maximum Gasteiger partial charge on any atom is 0.331 e. The van der Waals surface area contributed by atoms with Crippen molar-refractivity contribution in [3.8, 4) is 11.5 Å². The van der Waals surface area contributed by atoms with Crippen LogP contribution in [0.25, 0.3) is 6.08 Å². The van der Waals surface area contributed by atoms with E-state index in [1.807, 2.05) is 37.3 Å². The summed E-state index contributed by atoms with van der Waals surface area (Å²) < 4.78 is 15.3. The second-order valence-corrected chi connectivity index (χ2v) is 6.70. The van der Waals surface area contributed by atoms with Gasteiger partial charge in [-0.25, -0.2) is 4.79 Å². The third-order valence-electron chi connectivity index (χ3n) is 4.19. The zero-order chi connectivity index (χ0) is 21.2. The predicted octanol–water partition coefficient (Wildman–Crippen LogP) is 3.83. The number of ether oxygens (including phenoxy) is 3. The van der Waals surface area contributed by atoms with Crippen molar-refractivity contribution in [2.75, 3.05) is 27.4 Å². The summed E-state index contributed by atoms with van der Waals surface area (Å²) in [5, 5.41) is 3.11. The van der Waals surface area contributed by atoms with Crippen LogP contribution in [0.4, 0.5) is 0 Å². The molecule has 29 heavy (non-hydrogen) atoms. The van der Waals surface area contributed by atoms with E-state index in [-0.39, 0.29) is 18.4 Å². The van der Waals surface area contributed by atoms with Crippen LogP contribution in [0.2, 0.25) is 5.02 Å². The second-order valence-electron chi connectivity index (χ2n) is 6.30. The van der Waals surface area contributed by atoms with E-state index in [9.17, 15) is 9.59 Å². The van der Waals surface area contributed by atoms with Crippen molar-refractivity contribution in [3.63, 3.8) is 0 Å². The highest BCUT2D eigenvalue weighted by molar-refractivity contribution is 6.32. The Hall–Kier alpha value is -2.99. The molecule has 2 aromatic rings. The Bertz CT molecular complexity index is 867. The van der Waals surface area contributed by atoms with Gasteiger partial charge in [-0.05, 0) is 35.3 Å². The standard InChI is InChI=1S/C22H24ClNO5/c1-15(17-7-5-4-6-8-17)13-24-20(25)14-29-21(26)10-9-16-11-18(23)22(28-3)19(12-16)27-2/h4-12,15H,13-14H2,1-3H3,(H,24,25)/b10-9+/t15-/m0/s1. The zero-order valence-electron chi connectivity index (χ0n) is 16.6. The minimum absolute atomic E-state index is 0.158. The molecule has 0 fully saturated rings. The van der Waals surface area contributed by atoms with E-state index in [1.165, 1.54) is 26.4 Å². The lowest BCUT2D eigenvalue weighted by molar-refractivity contribution is -0.143. The molecule has 0 radical (unpaired) electrons. The summed E-state index contributed by atoms with van der Waals surface area (Å²) in [6.07, 6.45) is 2.74. The molecule has 0 saturated carbocycles. The number of hydrogen-bond acceptors (Lipinski definition) is 5. The van der Waals surface area contributed by atoms with Crippen LogP contribution in [-0.4, -0.2) is 39.2 Å². The molecule has 0 aliphatic heterocycles. The first-order valence-electron chi connectivity index (χ1n) is 9.02. The fraction of sp³-hybridized carbons (Fsp3) is 0.273. The number of hydrogen-bond donors (Lipinski definition) is 1. The van der Waals surface area contributed by atoms with E-state index in [1.54, 1.807) is 12.1 Å². The first-order valence-corrected chi connectivity index (χ1v) is 9.40. The second kappa shape index (κ2) is 11.1. The molecule has 2 aromatic carbocycles. The monoisotopic (exact) mass is 417 g/mol. The average Bonchev–Trinajstić information content (AvgIpc) is 2.74. The van der Waals surface area contributed by atoms with Crippen LogP contribution in [0.15, 0.2) is 48.5 Å². The van der Waals surface area contributed by atoms with Crippen molar-refractivity contribution in [1.82, 2.24) is 5.32 Å². The van der Waals surface area contributed by atoms with Gasteiger partial charge in [0.2, 0.25) is 0 Å². The van der Waals surface area contributed by atoms with Gasteiger partial charge in [0, 0.05) is 12.6 Å². The van der Waals surface area contributed by atoms with Crippen LogP contribution >= 0.6 is 11.6 Å². The van der Waals surface area contributed by atoms with Gasteiger partial charge in [0.25, 0.3) is 5.91 Å². The van der Waals surface area contributed by atoms with Gasteiger partial charge in [-0.3, -0.25) is 4.79 Å². The number of methoxy groups -OCH3 is 2. The molecule has 154 valence electrons. The Balaban J connectivity index is 1.82. The van der Waals surface area contributed by atoms with Crippen molar-refractivity contribution < 1.29 is 23.8 Å². The number of rotatable bonds is 9. The summed E-state index contributed by atoms with van der Waals surface area (Å²) in [6.45, 7) is 2.12. The number of halogens is 1. The molecule has 0 spiro atoms. The molecule has 2 rings (SSSR count). The summed E-state index contributed by atoms with van der Waals surface area (Å²) in [7, 11) is 2.98. The van der Waals surface area contributed by atoms with E-state index < -0.39 is 5.97 Å². The number of carbonyl (C=O) groups excluding carboxylic acids is 2. The molecule has 0 heterocycles. The summed E-state index contributed by atoms with van der Waals surface area (Å²) in [5.41, 5.74) is 1.76. The number of nitrogens with one attached hydrogen (secondary N) is 1. The van der Waals surface area contributed by atoms with Gasteiger partial charge in [0.15, 0.2) is 18.1 Å². The fourth-order valence-corrected chi connectivity index (χ4v) is 2.90. The Morgan fingerprint density at radius 2 is 1.86 bits per heavy atom. The third-order valence-corrected chi connectivity index (χ3v) is 4.47. The summed E-state index contributed by atoms with van der Waals surface area (Å²) in [4.78, 5) is 23.8. The molecular weight excluding hydrogens is 394 g/mol. The Morgan fingerprint density at radius 3 is 2.52 bits per heavy atom. The third kappa shape index (κ3) is 6.84. The molecule has 0 aromatic heterocycles. The Kier molecular flexibility index (Phi) is 8.55. The average molecular weight is 418 g/mol. The van der Waals surface area contributed by atoms with E-state index in [2.05, 4.69) is 5.32 Å². The molecule has 1 amide bonds. The molecule has 1 N–H and O–H groups in total. The number of carbonyl (C=O) groups is 2. The topological polar surface area (TPSA) is 73.9 Å². The zero-order valence-corrected chi connectivity index (χ0v) is 17.4. The number of benzene rings is 2. The fourth-order valence-electron chi connectivity index (χ4n) is 2.60. The maximum absolute atomic E-state index is 11.9. The van der Waals surface area contributed by atoms with Gasteiger partial charge in [-0.15, -0.1) is 0 Å². The van der Waals surface area contributed by atoms with Gasteiger partial charge in [-0.1, -0.05) is 48.9 Å². The minimum Gasteiger partial charge on any atom is -0.493 e. The first kappa shape index (κ1) is 22.3.